The molecule has 4 aromatic rings. The quantitative estimate of drug-likeness (QED) is 0.354. The topological polar surface area (TPSA) is 115 Å². The lowest BCUT2D eigenvalue weighted by atomic mass is 10.1. The zero-order valence-electron chi connectivity index (χ0n) is 18.7. The van der Waals surface area contributed by atoms with E-state index in [4.69, 9.17) is 17.3 Å². The molecule has 1 aliphatic carbocycles. The molecule has 35 heavy (non-hydrogen) atoms. The van der Waals surface area contributed by atoms with E-state index in [2.05, 4.69) is 20.7 Å². The Kier molecular flexibility index (Phi) is 6.20. The van der Waals surface area contributed by atoms with E-state index in [0.29, 0.717) is 41.0 Å². The largest absolute Gasteiger partial charge is 0.384 e. The summed E-state index contributed by atoms with van der Waals surface area (Å²) < 4.78 is 1.53. The highest BCUT2D eigenvalue weighted by atomic mass is 35.5. The molecule has 2 heterocycles. The number of nitrogen functional groups attached to an aromatic ring is 1. The molecule has 8 nitrogen and oxygen atoms in total. The molecule has 1 aliphatic rings. The summed E-state index contributed by atoms with van der Waals surface area (Å²) in [6, 6.07) is 21.2. The highest BCUT2D eigenvalue weighted by Crippen LogP contribution is 2.28. The van der Waals surface area contributed by atoms with Gasteiger partial charge in [-0.2, -0.15) is 5.10 Å². The third kappa shape index (κ3) is 5.17. The van der Waals surface area contributed by atoms with Crippen molar-refractivity contribution in [3.8, 4) is 16.9 Å². The van der Waals surface area contributed by atoms with Crippen LogP contribution in [0.15, 0.2) is 72.8 Å². The number of nitrogens with one attached hydrogen (secondary N) is 2. The second kappa shape index (κ2) is 9.60. The lowest BCUT2D eigenvalue weighted by molar-refractivity contribution is 0.0945. The number of hydrogen-bond acceptors (Lipinski definition) is 5. The van der Waals surface area contributed by atoms with Crippen LogP contribution >= 0.6 is 11.6 Å². The average Bonchev–Trinajstić information content (AvgIpc) is 3.61. The van der Waals surface area contributed by atoms with Crippen molar-refractivity contribution in [2.75, 3.05) is 17.6 Å². The second-order valence-electron chi connectivity index (χ2n) is 8.41. The number of carbonyl (C=O) groups is 2. The molecule has 1 fully saturated rings. The van der Waals surface area contributed by atoms with E-state index >= 15 is 0 Å². The second-order valence-corrected chi connectivity index (χ2v) is 8.82. The lowest BCUT2D eigenvalue weighted by Crippen LogP contribution is -2.26. The van der Waals surface area contributed by atoms with Crippen molar-refractivity contribution >= 4 is 35.1 Å². The zero-order valence-corrected chi connectivity index (χ0v) is 19.5. The Morgan fingerprint density at radius 1 is 1.00 bits per heavy atom. The number of hydrogen-bond donors (Lipinski definition) is 3. The van der Waals surface area contributed by atoms with Gasteiger partial charge in [0.25, 0.3) is 11.8 Å². The van der Waals surface area contributed by atoms with E-state index in [1.54, 1.807) is 42.5 Å². The number of nitrogens with two attached hydrogens (primary N) is 1. The molecule has 2 amide bonds. The highest BCUT2D eigenvalue weighted by Gasteiger charge is 2.24. The average molecular weight is 487 g/mol. The van der Waals surface area contributed by atoms with Gasteiger partial charge in [-0.25, -0.2) is 9.67 Å². The molecule has 0 unspecified atom stereocenters. The number of aromatic nitrogens is 3. The van der Waals surface area contributed by atoms with Crippen LogP contribution in [-0.2, 0) is 0 Å². The first-order chi connectivity index (χ1) is 17.0. The van der Waals surface area contributed by atoms with E-state index in [1.165, 1.54) is 4.68 Å². The van der Waals surface area contributed by atoms with Crippen molar-refractivity contribution in [1.82, 2.24) is 20.1 Å². The van der Waals surface area contributed by atoms with Gasteiger partial charge < -0.3 is 16.4 Å². The number of anilines is 2. The molecule has 0 aliphatic heterocycles. The van der Waals surface area contributed by atoms with Gasteiger partial charge in [-0.05, 0) is 55.2 Å². The Bertz CT molecular complexity index is 1400. The minimum absolute atomic E-state index is 0.216. The van der Waals surface area contributed by atoms with Gasteiger partial charge in [-0.15, -0.1) is 0 Å². The van der Waals surface area contributed by atoms with Gasteiger partial charge in [0, 0.05) is 18.2 Å². The monoisotopic (exact) mass is 486 g/mol. The van der Waals surface area contributed by atoms with E-state index in [9.17, 15) is 9.59 Å². The van der Waals surface area contributed by atoms with Crippen molar-refractivity contribution in [3.05, 3.63) is 89.1 Å². The fourth-order valence-corrected chi connectivity index (χ4v) is 3.85. The first kappa shape index (κ1) is 22.6. The summed E-state index contributed by atoms with van der Waals surface area (Å²) >= 11 is 6.37. The van der Waals surface area contributed by atoms with Crippen molar-refractivity contribution in [3.63, 3.8) is 0 Å². The number of carbonyl (C=O) groups excluding carboxylic acids is 2. The van der Waals surface area contributed by atoms with Crippen LogP contribution in [0.25, 0.3) is 16.9 Å². The van der Waals surface area contributed by atoms with Gasteiger partial charge in [-0.1, -0.05) is 41.9 Å². The van der Waals surface area contributed by atoms with Gasteiger partial charge in [0.2, 0.25) is 0 Å². The maximum Gasteiger partial charge on any atom is 0.271 e. The van der Waals surface area contributed by atoms with Crippen molar-refractivity contribution in [2.45, 2.75) is 12.8 Å². The molecule has 9 heteroatoms. The smallest absolute Gasteiger partial charge is 0.271 e. The number of benzene rings is 2. The fourth-order valence-electron chi connectivity index (χ4n) is 3.65. The van der Waals surface area contributed by atoms with Crippen LogP contribution in [0.4, 0.5) is 11.6 Å². The number of amides is 2. The number of para-hydroxylation sites is 1. The number of pyridine rings is 1. The normalized spacial score (nSPS) is 12.8. The molecule has 176 valence electrons. The van der Waals surface area contributed by atoms with E-state index in [0.717, 1.165) is 12.8 Å². The third-order valence-electron chi connectivity index (χ3n) is 5.71. The maximum absolute atomic E-state index is 13.3. The number of rotatable bonds is 7. The maximum atomic E-state index is 13.3. The van der Waals surface area contributed by atoms with Crippen LogP contribution < -0.4 is 16.4 Å². The number of halogens is 1. The molecule has 0 bridgehead atoms. The lowest BCUT2D eigenvalue weighted by Gasteiger charge is -2.11. The summed E-state index contributed by atoms with van der Waals surface area (Å²) in [7, 11) is 0. The predicted molar refractivity (Wildman–Crippen MR) is 136 cm³/mol. The zero-order chi connectivity index (χ0) is 24.4. The van der Waals surface area contributed by atoms with Gasteiger partial charge in [0.1, 0.15) is 11.6 Å². The van der Waals surface area contributed by atoms with Crippen LogP contribution in [-0.4, -0.2) is 33.1 Å². The molecule has 2 aromatic carbocycles. The minimum Gasteiger partial charge on any atom is -0.384 e. The van der Waals surface area contributed by atoms with E-state index in [-0.39, 0.29) is 22.2 Å². The predicted octanol–water partition coefficient (Wildman–Crippen LogP) is 4.56. The van der Waals surface area contributed by atoms with Gasteiger partial charge >= 0.3 is 0 Å². The molecule has 5 rings (SSSR count). The van der Waals surface area contributed by atoms with Crippen LogP contribution in [0, 0.1) is 5.92 Å². The fraction of sp³-hybridized carbons (Fsp3) is 0.154. The Balaban J connectivity index is 1.45. The van der Waals surface area contributed by atoms with Crippen LogP contribution in [0.1, 0.15) is 33.7 Å². The summed E-state index contributed by atoms with van der Waals surface area (Å²) in [4.78, 5) is 30.3. The van der Waals surface area contributed by atoms with Gasteiger partial charge in [0.05, 0.1) is 22.0 Å². The van der Waals surface area contributed by atoms with E-state index in [1.807, 2.05) is 30.3 Å². The number of nitrogens with zero attached hydrogens (tertiary/aromatic N) is 3. The molecule has 0 saturated heterocycles. The Labute approximate surface area is 207 Å². The molecule has 2 aromatic heterocycles. The molecule has 1 saturated carbocycles. The Hall–Kier alpha value is -4.17. The van der Waals surface area contributed by atoms with Crippen molar-refractivity contribution in [2.24, 2.45) is 5.92 Å². The molecular weight excluding hydrogens is 464 g/mol. The third-order valence-corrected chi connectivity index (χ3v) is 6.04. The van der Waals surface area contributed by atoms with Crippen LogP contribution in [0.2, 0.25) is 5.02 Å². The Morgan fingerprint density at radius 2 is 1.80 bits per heavy atom. The summed E-state index contributed by atoms with van der Waals surface area (Å²) in [5.74, 6) is 0.542. The van der Waals surface area contributed by atoms with Crippen molar-refractivity contribution in [1.29, 1.82) is 0 Å². The summed E-state index contributed by atoms with van der Waals surface area (Å²) in [6.07, 6.45) is 2.26. The van der Waals surface area contributed by atoms with E-state index < -0.39 is 5.91 Å². The van der Waals surface area contributed by atoms with Gasteiger partial charge in [-0.3, -0.25) is 9.59 Å². The summed E-state index contributed by atoms with van der Waals surface area (Å²) in [5.41, 5.74) is 8.31. The molecule has 0 spiro atoms. The Morgan fingerprint density at radius 3 is 2.54 bits per heavy atom. The summed E-state index contributed by atoms with van der Waals surface area (Å²) in [5, 5.41) is 10.5. The van der Waals surface area contributed by atoms with Crippen LogP contribution in [0.3, 0.4) is 0 Å². The van der Waals surface area contributed by atoms with Crippen LogP contribution in [0.5, 0.6) is 0 Å². The first-order valence-corrected chi connectivity index (χ1v) is 11.6. The first-order valence-electron chi connectivity index (χ1n) is 11.3. The molecule has 0 atom stereocenters. The molecule has 0 radical (unpaired) electrons. The standard InChI is InChI=1S/C26H23ClN6O2/c27-20-12-11-17(21-7-4-8-23(28)30-21)13-19(20)25(34)31-24-14-22(26(35)29-15-16-9-10-16)32-33(24)18-5-2-1-3-6-18/h1-8,11-14,16H,9-10,15H2,(H2,28,30)(H,29,35)(H,31,34). The van der Waals surface area contributed by atoms with Gasteiger partial charge in [0.15, 0.2) is 5.69 Å². The highest BCUT2D eigenvalue weighted by molar-refractivity contribution is 6.34. The molecular formula is C26H23ClN6O2. The molecule has 4 N–H and O–H groups in total. The minimum atomic E-state index is -0.442. The van der Waals surface area contributed by atoms with Crippen molar-refractivity contribution < 1.29 is 9.59 Å². The SMILES string of the molecule is Nc1cccc(-c2ccc(Cl)c(C(=O)Nc3cc(C(=O)NCC4CC4)nn3-c3ccccc3)c2)n1. The summed E-state index contributed by atoms with van der Waals surface area (Å²) in [6.45, 7) is 0.624.